The third-order valence-corrected chi connectivity index (χ3v) is 5.58. The van der Waals surface area contributed by atoms with Gasteiger partial charge in [0.15, 0.2) is 0 Å². The Morgan fingerprint density at radius 1 is 1.38 bits per heavy atom. The zero-order chi connectivity index (χ0) is 16.5. The first-order valence-corrected chi connectivity index (χ1v) is 8.77. The molecule has 1 aliphatic heterocycles. The molecule has 0 spiro atoms. The Labute approximate surface area is 141 Å². The van der Waals surface area contributed by atoms with Gasteiger partial charge in [-0.1, -0.05) is 12.8 Å². The highest BCUT2D eigenvalue weighted by Gasteiger charge is 2.38. The normalized spacial score (nSPS) is 25.4. The molecule has 2 aliphatic rings. The summed E-state index contributed by atoms with van der Waals surface area (Å²) in [5.74, 6) is 0.717. The van der Waals surface area contributed by atoms with Gasteiger partial charge in [-0.25, -0.2) is 9.97 Å². The molecule has 0 saturated heterocycles. The summed E-state index contributed by atoms with van der Waals surface area (Å²) in [6.45, 7) is 2.19. The SMILES string of the molecule is CC1C(c2ncnc3[nH]ccc23)C=NN1C(CC#N)C1CCCC1. The molecular weight excluding hydrogens is 300 g/mol. The molecular formula is C18H22N6. The molecule has 0 bridgehead atoms. The van der Waals surface area contributed by atoms with E-state index in [0.29, 0.717) is 12.3 Å². The van der Waals surface area contributed by atoms with Crippen LogP contribution in [0.1, 0.15) is 50.6 Å². The van der Waals surface area contributed by atoms with E-state index in [2.05, 4.69) is 33.0 Å². The maximum atomic E-state index is 9.29. The summed E-state index contributed by atoms with van der Waals surface area (Å²) in [5, 5.41) is 17.2. The lowest BCUT2D eigenvalue weighted by Crippen LogP contribution is -2.41. The standard InChI is InChI=1S/C18H22N6/c1-12-15(17-14-7-9-20-18(14)22-11-21-17)10-23-24(12)16(6-8-19)13-4-2-3-5-13/h7,9-13,15-16H,2-6H2,1H3,(H,20,21,22). The number of nitriles is 1. The summed E-state index contributed by atoms with van der Waals surface area (Å²) in [7, 11) is 0. The van der Waals surface area contributed by atoms with Crippen LogP contribution in [0.2, 0.25) is 0 Å². The van der Waals surface area contributed by atoms with E-state index in [1.807, 2.05) is 18.5 Å². The summed E-state index contributed by atoms with van der Waals surface area (Å²) in [5.41, 5.74) is 1.88. The van der Waals surface area contributed by atoms with E-state index in [4.69, 9.17) is 5.10 Å². The number of rotatable bonds is 4. The molecule has 2 aromatic heterocycles. The van der Waals surface area contributed by atoms with Crippen molar-refractivity contribution in [2.24, 2.45) is 11.0 Å². The first kappa shape index (κ1) is 15.1. The fraction of sp³-hybridized carbons (Fsp3) is 0.556. The second-order valence-electron chi connectivity index (χ2n) is 6.88. The molecule has 0 amide bonds. The highest BCUT2D eigenvalue weighted by atomic mass is 15.5. The van der Waals surface area contributed by atoms with E-state index in [9.17, 15) is 5.26 Å². The topological polar surface area (TPSA) is 81.0 Å². The fourth-order valence-corrected chi connectivity index (χ4v) is 4.30. The van der Waals surface area contributed by atoms with Crippen LogP contribution in [0.4, 0.5) is 0 Å². The Morgan fingerprint density at radius 2 is 2.21 bits per heavy atom. The van der Waals surface area contributed by atoms with Gasteiger partial charge in [0.05, 0.1) is 36.2 Å². The highest BCUT2D eigenvalue weighted by molar-refractivity contribution is 5.83. The van der Waals surface area contributed by atoms with Gasteiger partial charge >= 0.3 is 0 Å². The van der Waals surface area contributed by atoms with Crippen molar-refractivity contribution in [1.29, 1.82) is 5.26 Å². The van der Waals surface area contributed by atoms with Gasteiger partial charge in [-0.2, -0.15) is 10.4 Å². The van der Waals surface area contributed by atoms with E-state index in [1.54, 1.807) is 6.33 Å². The van der Waals surface area contributed by atoms with Gasteiger partial charge in [0.2, 0.25) is 0 Å². The number of hydrogen-bond donors (Lipinski definition) is 1. The van der Waals surface area contributed by atoms with Crippen LogP contribution in [0.15, 0.2) is 23.7 Å². The summed E-state index contributed by atoms with van der Waals surface area (Å²) in [6.07, 6.45) is 11.0. The van der Waals surface area contributed by atoms with Crippen LogP contribution in [-0.4, -0.2) is 38.3 Å². The average Bonchev–Trinajstić information content (AvgIpc) is 3.33. The average molecular weight is 322 g/mol. The van der Waals surface area contributed by atoms with Gasteiger partial charge in [-0.3, -0.25) is 5.01 Å². The quantitative estimate of drug-likeness (QED) is 0.937. The molecule has 24 heavy (non-hydrogen) atoms. The lowest BCUT2D eigenvalue weighted by Gasteiger charge is -2.34. The monoisotopic (exact) mass is 322 g/mol. The summed E-state index contributed by atoms with van der Waals surface area (Å²) >= 11 is 0. The van der Waals surface area contributed by atoms with Gasteiger partial charge < -0.3 is 4.98 Å². The Morgan fingerprint density at radius 3 is 3.00 bits per heavy atom. The number of H-pyrrole nitrogens is 1. The Bertz CT molecular complexity index is 782. The van der Waals surface area contributed by atoms with Crippen LogP contribution in [-0.2, 0) is 0 Å². The molecule has 6 nitrogen and oxygen atoms in total. The predicted molar refractivity (Wildman–Crippen MR) is 92.4 cm³/mol. The maximum Gasteiger partial charge on any atom is 0.140 e. The second kappa shape index (κ2) is 6.23. The van der Waals surface area contributed by atoms with Crippen molar-refractivity contribution in [2.45, 2.75) is 57.0 Å². The summed E-state index contributed by atoms with van der Waals surface area (Å²) in [6, 6.07) is 4.83. The number of nitrogens with zero attached hydrogens (tertiary/aromatic N) is 5. The third-order valence-electron chi connectivity index (χ3n) is 5.58. The van der Waals surface area contributed by atoms with Crippen molar-refractivity contribution in [3.05, 3.63) is 24.3 Å². The molecule has 6 heteroatoms. The van der Waals surface area contributed by atoms with Crippen molar-refractivity contribution in [1.82, 2.24) is 20.0 Å². The van der Waals surface area contributed by atoms with E-state index in [0.717, 1.165) is 16.7 Å². The number of hydrazone groups is 1. The predicted octanol–water partition coefficient (Wildman–Crippen LogP) is 3.20. The molecule has 4 rings (SSSR count). The molecule has 1 N–H and O–H groups in total. The first-order chi connectivity index (χ1) is 11.8. The molecule has 2 aromatic rings. The van der Waals surface area contributed by atoms with Crippen molar-refractivity contribution in [3.8, 4) is 6.07 Å². The van der Waals surface area contributed by atoms with Gasteiger partial charge in [0.25, 0.3) is 0 Å². The largest absolute Gasteiger partial charge is 0.346 e. The molecule has 0 radical (unpaired) electrons. The second-order valence-corrected chi connectivity index (χ2v) is 6.88. The van der Waals surface area contributed by atoms with Crippen molar-refractivity contribution in [3.63, 3.8) is 0 Å². The van der Waals surface area contributed by atoms with Gasteiger partial charge in [-0.05, 0) is 31.7 Å². The van der Waals surface area contributed by atoms with Crippen LogP contribution >= 0.6 is 0 Å². The smallest absolute Gasteiger partial charge is 0.140 e. The lowest BCUT2D eigenvalue weighted by molar-refractivity contribution is 0.117. The van der Waals surface area contributed by atoms with Crippen LogP contribution in [0.3, 0.4) is 0 Å². The molecule has 1 fully saturated rings. The minimum Gasteiger partial charge on any atom is -0.346 e. The molecule has 3 atom stereocenters. The van der Waals surface area contributed by atoms with Crippen LogP contribution in [0.25, 0.3) is 11.0 Å². The molecule has 3 unspecified atom stereocenters. The lowest BCUT2D eigenvalue weighted by atomic mass is 9.91. The van der Waals surface area contributed by atoms with Gasteiger partial charge in [-0.15, -0.1) is 0 Å². The van der Waals surface area contributed by atoms with E-state index >= 15 is 0 Å². The zero-order valence-corrected chi connectivity index (χ0v) is 13.9. The van der Waals surface area contributed by atoms with E-state index < -0.39 is 0 Å². The van der Waals surface area contributed by atoms with Crippen molar-refractivity contribution >= 4 is 17.2 Å². The van der Waals surface area contributed by atoms with E-state index in [-0.39, 0.29) is 18.0 Å². The van der Waals surface area contributed by atoms with Crippen molar-refractivity contribution in [2.75, 3.05) is 0 Å². The summed E-state index contributed by atoms with van der Waals surface area (Å²) < 4.78 is 0. The maximum absolute atomic E-state index is 9.29. The van der Waals surface area contributed by atoms with Gasteiger partial charge in [0, 0.05) is 17.8 Å². The third kappa shape index (κ3) is 2.44. The highest BCUT2D eigenvalue weighted by Crippen LogP contribution is 2.37. The van der Waals surface area contributed by atoms with E-state index in [1.165, 1.54) is 25.7 Å². The minimum atomic E-state index is 0.133. The molecule has 1 saturated carbocycles. The minimum absolute atomic E-state index is 0.133. The number of fused-ring (bicyclic) bond motifs is 1. The molecule has 124 valence electrons. The molecule has 3 heterocycles. The zero-order valence-electron chi connectivity index (χ0n) is 13.9. The van der Waals surface area contributed by atoms with Crippen LogP contribution < -0.4 is 0 Å². The number of aromatic nitrogens is 3. The Kier molecular flexibility index (Phi) is 3.93. The van der Waals surface area contributed by atoms with Gasteiger partial charge in [0.1, 0.15) is 12.0 Å². The Hall–Kier alpha value is -2.42. The number of nitrogens with one attached hydrogen (secondary N) is 1. The van der Waals surface area contributed by atoms with Crippen LogP contribution in [0.5, 0.6) is 0 Å². The number of hydrogen-bond acceptors (Lipinski definition) is 5. The molecule has 1 aliphatic carbocycles. The number of aromatic amines is 1. The molecule has 0 aromatic carbocycles. The Balaban J connectivity index is 1.62. The van der Waals surface area contributed by atoms with Crippen LogP contribution in [0, 0.1) is 17.2 Å². The van der Waals surface area contributed by atoms with Crippen molar-refractivity contribution < 1.29 is 0 Å². The first-order valence-electron chi connectivity index (χ1n) is 8.77. The summed E-state index contributed by atoms with van der Waals surface area (Å²) in [4.78, 5) is 12.0. The fourth-order valence-electron chi connectivity index (χ4n) is 4.30.